The highest BCUT2D eigenvalue weighted by Crippen LogP contribution is 2.31. The highest BCUT2D eigenvalue weighted by Gasteiger charge is 2.36. The monoisotopic (exact) mass is 326 g/mol. The van der Waals surface area contributed by atoms with Crippen LogP contribution in [0.1, 0.15) is 96.8 Å². The van der Waals surface area contributed by atoms with E-state index in [0.717, 1.165) is 4.48 Å². The number of quaternary nitrogens is 1. The summed E-state index contributed by atoms with van der Waals surface area (Å²) < 4.78 is 6.94. The molecule has 0 aromatic carbocycles. The molecular formula is C21H44NO+. The maximum Gasteiger partial charge on any atom is 0.0841 e. The molecule has 1 aliphatic heterocycles. The van der Waals surface area contributed by atoms with Crippen molar-refractivity contribution in [2.75, 3.05) is 27.7 Å². The molecule has 2 heteroatoms. The first-order valence-corrected chi connectivity index (χ1v) is 10.5. The molecule has 1 fully saturated rings. The SMILES string of the molecule is CCCCCCCCC1OC1CCCCCCCC[N+](C)(C)C. The summed E-state index contributed by atoms with van der Waals surface area (Å²) in [7, 11) is 6.87. The maximum absolute atomic E-state index is 5.83. The summed E-state index contributed by atoms with van der Waals surface area (Å²) in [5, 5.41) is 0. The molecule has 1 saturated heterocycles. The van der Waals surface area contributed by atoms with Crippen molar-refractivity contribution < 1.29 is 9.22 Å². The minimum Gasteiger partial charge on any atom is -0.370 e. The second kappa shape index (κ2) is 12.3. The molecule has 0 aromatic heterocycles. The van der Waals surface area contributed by atoms with Gasteiger partial charge >= 0.3 is 0 Å². The molecule has 1 rings (SSSR count). The molecule has 0 radical (unpaired) electrons. The summed E-state index contributed by atoms with van der Waals surface area (Å²) in [6.45, 7) is 3.60. The van der Waals surface area contributed by atoms with Gasteiger partial charge in [-0.15, -0.1) is 0 Å². The predicted octanol–water partition coefficient (Wildman–Crippen LogP) is 5.94. The van der Waals surface area contributed by atoms with Gasteiger partial charge < -0.3 is 9.22 Å². The van der Waals surface area contributed by atoms with E-state index in [9.17, 15) is 0 Å². The van der Waals surface area contributed by atoms with Crippen molar-refractivity contribution >= 4 is 0 Å². The molecule has 23 heavy (non-hydrogen) atoms. The number of epoxide rings is 1. The van der Waals surface area contributed by atoms with E-state index < -0.39 is 0 Å². The number of hydrogen-bond donors (Lipinski definition) is 0. The molecule has 2 unspecified atom stereocenters. The van der Waals surface area contributed by atoms with Crippen LogP contribution in [0.25, 0.3) is 0 Å². The lowest BCUT2D eigenvalue weighted by Gasteiger charge is -2.23. The first-order valence-electron chi connectivity index (χ1n) is 10.5. The minimum atomic E-state index is 0.629. The first-order chi connectivity index (χ1) is 11.0. The molecule has 1 heterocycles. The minimum absolute atomic E-state index is 0.629. The Bertz CT molecular complexity index is 272. The maximum atomic E-state index is 5.83. The smallest absolute Gasteiger partial charge is 0.0841 e. The fourth-order valence-corrected chi connectivity index (χ4v) is 3.45. The molecule has 2 nitrogen and oxygen atoms in total. The molecule has 0 aromatic rings. The van der Waals surface area contributed by atoms with Crippen LogP contribution in [-0.4, -0.2) is 44.4 Å². The molecule has 0 amide bonds. The lowest BCUT2D eigenvalue weighted by atomic mass is 10.0. The van der Waals surface area contributed by atoms with Crippen molar-refractivity contribution in [2.24, 2.45) is 0 Å². The van der Waals surface area contributed by atoms with E-state index in [1.54, 1.807) is 0 Å². The van der Waals surface area contributed by atoms with Crippen LogP contribution in [-0.2, 0) is 4.74 Å². The number of unbranched alkanes of at least 4 members (excludes halogenated alkanes) is 10. The number of nitrogens with zero attached hydrogens (tertiary/aromatic N) is 1. The molecule has 0 spiro atoms. The Balaban J connectivity index is 1.77. The average Bonchev–Trinajstić information content (AvgIpc) is 3.23. The lowest BCUT2D eigenvalue weighted by molar-refractivity contribution is -0.870. The van der Waals surface area contributed by atoms with Crippen LogP contribution in [0.5, 0.6) is 0 Å². The Morgan fingerprint density at radius 1 is 0.609 bits per heavy atom. The van der Waals surface area contributed by atoms with Gasteiger partial charge in [-0.25, -0.2) is 0 Å². The third kappa shape index (κ3) is 12.9. The molecule has 0 saturated carbocycles. The second-order valence-electron chi connectivity index (χ2n) is 8.69. The summed E-state index contributed by atoms with van der Waals surface area (Å²) in [6, 6.07) is 0. The average molecular weight is 327 g/mol. The van der Waals surface area contributed by atoms with Crippen molar-refractivity contribution in [2.45, 2.75) is 109 Å². The van der Waals surface area contributed by atoms with Crippen LogP contribution >= 0.6 is 0 Å². The van der Waals surface area contributed by atoms with Crippen molar-refractivity contribution in [3.8, 4) is 0 Å². The molecule has 138 valence electrons. The largest absolute Gasteiger partial charge is 0.370 e. The van der Waals surface area contributed by atoms with Gasteiger partial charge in [0, 0.05) is 0 Å². The number of rotatable bonds is 16. The van der Waals surface area contributed by atoms with Gasteiger partial charge in [0.05, 0.1) is 39.9 Å². The first kappa shape index (κ1) is 21.0. The molecule has 0 N–H and O–H groups in total. The van der Waals surface area contributed by atoms with Gasteiger partial charge in [-0.05, 0) is 25.7 Å². The normalized spacial score (nSPS) is 20.9. The molecule has 1 aliphatic rings. The van der Waals surface area contributed by atoms with Crippen LogP contribution < -0.4 is 0 Å². The Kier molecular flexibility index (Phi) is 11.2. The predicted molar refractivity (Wildman–Crippen MR) is 102 cm³/mol. The van der Waals surface area contributed by atoms with Crippen molar-refractivity contribution in [3.63, 3.8) is 0 Å². The van der Waals surface area contributed by atoms with Crippen LogP contribution in [0.3, 0.4) is 0 Å². The van der Waals surface area contributed by atoms with E-state index in [4.69, 9.17) is 4.74 Å². The molecular weight excluding hydrogens is 282 g/mol. The quantitative estimate of drug-likeness (QED) is 0.194. The fourth-order valence-electron chi connectivity index (χ4n) is 3.45. The topological polar surface area (TPSA) is 12.5 Å². The van der Waals surface area contributed by atoms with Gasteiger partial charge in [0.2, 0.25) is 0 Å². The van der Waals surface area contributed by atoms with E-state index >= 15 is 0 Å². The van der Waals surface area contributed by atoms with Gasteiger partial charge in [-0.3, -0.25) is 0 Å². The van der Waals surface area contributed by atoms with Gasteiger partial charge in [0.15, 0.2) is 0 Å². The lowest BCUT2D eigenvalue weighted by Crippen LogP contribution is -2.35. The Labute approximate surface area is 146 Å². The Morgan fingerprint density at radius 3 is 1.52 bits per heavy atom. The zero-order valence-electron chi connectivity index (χ0n) is 16.6. The second-order valence-corrected chi connectivity index (χ2v) is 8.69. The fraction of sp³-hybridized carbons (Fsp3) is 1.00. The van der Waals surface area contributed by atoms with Crippen LogP contribution in [0.4, 0.5) is 0 Å². The zero-order chi connectivity index (χ0) is 17.0. The third-order valence-electron chi connectivity index (χ3n) is 5.10. The van der Waals surface area contributed by atoms with E-state index in [0.29, 0.717) is 12.2 Å². The summed E-state index contributed by atoms with van der Waals surface area (Å²) >= 11 is 0. The standard InChI is InChI=1S/C21H44NO/c1-5-6-7-8-11-14-17-20-21(23-20)18-15-12-9-10-13-16-19-22(2,3)4/h20-21H,5-19H2,1-4H3/q+1. The zero-order valence-corrected chi connectivity index (χ0v) is 16.6. The van der Waals surface area contributed by atoms with E-state index in [1.165, 1.54) is 96.4 Å². The van der Waals surface area contributed by atoms with E-state index in [1.807, 2.05) is 0 Å². The number of ether oxygens (including phenoxy) is 1. The van der Waals surface area contributed by atoms with Gasteiger partial charge in [-0.2, -0.15) is 0 Å². The van der Waals surface area contributed by atoms with Gasteiger partial charge in [-0.1, -0.05) is 71.1 Å². The van der Waals surface area contributed by atoms with Crippen molar-refractivity contribution in [1.82, 2.24) is 0 Å². The molecule has 0 bridgehead atoms. The summed E-state index contributed by atoms with van der Waals surface area (Å²) in [6.07, 6.45) is 20.8. The highest BCUT2D eigenvalue weighted by molar-refractivity contribution is 4.84. The Morgan fingerprint density at radius 2 is 1.04 bits per heavy atom. The highest BCUT2D eigenvalue weighted by atomic mass is 16.6. The third-order valence-corrected chi connectivity index (χ3v) is 5.10. The van der Waals surface area contributed by atoms with E-state index in [-0.39, 0.29) is 0 Å². The molecule has 0 aliphatic carbocycles. The van der Waals surface area contributed by atoms with Gasteiger partial charge in [0.25, 0.3) is 0 Å². The van der Waals surface area contributed by atoms with E-state index in [2.05, 4.69) is 28.1 Å². The van der Waals surface area contributed by atoms with Crippen LogP contribution in [0.2, 0.25) is 0 Å². The summed E-state index contributed by atoms with van der Waals surface area (Å²) in [5.74, 6) is 0. The molecule has 2 atom stereocenters. The van der Waals surface area contributed by atoms with Gasteiger partial charge in [0.1, 0.15) is 0 Å². The van der Waals surface area contributed by atoms with Crippen LogP contribution in [0, 0.1) is 0 Å². The Hall–Kier alpha value is -0.0800. The van der Waals surface area contributed by atoms with Crippen molar-refractivity contribution in [1.29, 1.82) is 0 Å². The summed E-state index contributed by atoms with van der Waals surface area (Å²) in [5.41, 5.74) is 0. The summed E-state index contributed by atoms with van der Waals surface area (Å²) in [4.78, 5) is 0. The number of hydrogen-bond acceptors (Lipinski definition) is 1. The van der Waals surface area contributed by atoms with Crippen molar-refractivity contribution in [3.05, 3.63) is 0 Å². The van der Waals surface area contributed by atoms with Crippen LogP contribution in [0.15, 0.2) is 0 Å².